The molecule has 1 saturated heterocycles. The van der Waals surface area contributed by atoms with Gasteiger partial charge in [0.25, 0.3) is 0 Å². The van der Waals surface area contributed by atoms with Crippen molar-refractivity contribution in [3.8, 4) is 11.4 Å². The number of aromatic carboxylic acids is 1. The lowest BCUT2D eigenvalue weighted by Crippen LogP contribution is -2.35. The van der Waals surface area contributed by atoms with E-state index in [4.69, 9.17) is 4.74 Å². The van der Waals surface area contributed by atoms with Gasteiger partial charge in [-0.25, -0.2) is 14.5 Å². The minimum Gasteiger partial charge on any atom is -0.489 e. The van der Waals surface area contributed by atoms with Gasteiger partial charge >= 0.3 is 5.97 Å². The lowest BCUT2D eigenvalue weighted by Gasteiger charge is -2.29. The first-order valence-corrected chi connectivity index (χ1v) is 9.07. The second-order valence-electron chi connectivity index (χ2n) is 6.96. The van der Waals surface area contributed by atoms with Crippen LogP contribution in [-0.2, 0) is 0 Å². The zero-order valence-corrected chi connectivity index (χ0v) is 15.4. The molecule has 0 spiro atoms. The molecule has 0 aliphatic carbocycles. The average molecular weight is 366 g/mol. The molecular weight excluding hydrogens is 344 g/mol. The number of hydrogen-bond donors (Lipinski definition) is 1. The summed E-state index contributed by atoms with van der Waals surface area (Å²) in [5.41, 5.74) is 2.06. The Labute approximate surface area is 157 Å². The van der Waals surface area contributed by atoms with E-state index in [1.807, 2.05) is 37.3 Å². The van der Waals surface area contributed by atoms with Crippen LogP contribution in [0.4, 0.5) is 0 Å². The predicted octanol–water partition coefficient (Wildman–Crippen LogP) is 2.90. The van der Waals surface area contributed by atoms with Crippen LogP contribution in [0.15, 0.2) is 36.4 Å². The summed E-state index contributed by atoms with van der Waals surface area (Å²) in [7, 11) is 2.09. The van der Waals surface area contributed by atoms with Crippen LogP contribution in [-0.4, -0.2) is 57.0 Å². The van der Waals surface area contributed by atoms with Gasteiger partial charge in [-0.05, 0) is 38.9 Å². The molecule has 0 bridgehead atoms. The first-order valence-electron chi connectivity index (χ1n) is 9.07. The molecule has 2 aromatic heterocycles. The normalized spacial score (nSPS) is 15.9. The van der Waals surface area contributed by atoms with Crippen LogP contribution in [0.5, 0.6) is 5.75 Å². The number of carboxylic acid groups (broad SMARTS) is 1. The molecule has 1 aliphatic rings. The fraction of sp³-hybridized carbons (Fsp3) is 0.350. The maximum Gasteiger partial charge on any atom is 0.354 e. The Hall–Kier alpha value is -2.93. The fourth-order valence-corrected chi connectivity index (χ4v) is 3.48. The smallest absolute Gasteiger partial charge is 0.354 e. The van der Waals surface area contributed by atoms with Crippen molar-refractivity contribution in [3.63, 3.8) is 0 Å². The Bertz CT molecular complexity index is 976. The number of benzene rings is 1. The maximum atomic E-state index is 11.6. The monoisotopic (exact) mass is 366 g/mol. The van der Waals surface area contributed by atoms with Crippen LogP contribution < -0.4 is 4.74 Å². The summed E-state index contributed by atoms with van der Waals surface area (Å²) in [6.45, 7) is 3.82. The van der Waals surface area contributed by atoms with E-state index in [2.05, 4.69) is 22.0 Å². The first kappa shape index (κ1) is 17.5. The minimum atomic E-state index is -1.08. The van der Waals surface area contributed by atoms with E-state index in [0.29, 0.717) is 11.4 Å². The number of rotatable bonds is 4. The molecular formula is C20H22N4O3. The van der Waals surface area contributed by atoms with Crippen LogP contribution in [0.1, 0.15) is 29.0 Å². The Balaban J connectivity index is 1.83. The molecule has 4 rings (SSSR count). The third-order valence-electron chi connectivity index (χ3n) is 4.96. The van der Waals surface area contributed by atoms with Crippen molar-refractivity contribution in [1.82, 2.24) is 19.7 Å². The third kappa shape index (κ3) is 3.38. The SMILES string of the molecule is Cc1nn(-c2ccccc2)c2nc(C(=O)O)cc(OC3CCN(C)CC3)c12. The van der Waals surface area contributed by atoms with Crippen molar-refractivity contribution in [2.24, 2.45) is 0 Å². The zero-order valence-electron chi connectivity index (χ0n) is 15.4. The van der Waals surface area contributed by atoms with Crippen LogP contribution >= 0.6 is 0 Å². The van der Waals surface area contributed by atoms with E-state index in [9.17, 15) is 9.90 Å². The van der Waals surface area contributed by atoms with Gasteiger partial charge in [0, 0.05) is 19.2 Å². The average Bonchev–Trinajstić information content (AvgIpc) is 3.01. The van der Waals surface area contributed by atoms with Gasteiger partial charge in [-0.15, -0.1) is 0 Å². The molecule has 0 unspecified atom stereocenters. The number of pyridine rings is 1. The lowest BCUT2D eigenvalue weighted by atomic mass is 10.1. The van der Waals surface area contributed by atoms with Gasteiger partial charge in [-0.2, -0.15) is 5.10 Å². The summed E-state index contributed by atoms with van der Waals surface area (Å²) in [4.78, 5) is 18.2. The standard InChI is InChI=1S/C20H22N4O3/c1-13-18-17(27-15-8-10-23(2)11-9-15)12-16(20(25)26)21-19(18)24(22-13)14-6-4-3-5-7-14/h3-7,12,15H,8-11H2,1-2H3,(H,25,26). The predicted molar refractivity (Wildman–Crippen MR) is 102 cm³/mol. The molecule has 1 aromatic carbocycles. The Morgan fingerprint density at radius 1 is 1.22 bits per heavy atom. The first-order chi connectivity index (χ1) is 13.0. The molecule has 0 radical (unpaired) electrons. The number of carbonyl (C=O) groups is 1. The molecule has 7 nitrogen and oxygen atoms in total. The fourth-order valence-electron chi connectivity index (χ4n) is 3.48. The Morgan fingerprint density at radius 3 is 2.59 bits per heavy atom. The summed E-state index contributed by atoms with van der Waals surface area (Å²) < 4.78 is 7.93. The van der Waals surface area contributed by atoms with Gasteiger partial charge in [0.1, 0.15) is 11.9 Å². The van der Waals surface area contributed by atoms with Gasteiger partial charge in [-0.3, -0.25) is 0 Å². The van der Waals surface area contributed by atoms with E-state index in [-0.39, 0.29) is 11.8 Å². The summed E-state index contributed by atoms with van der Waals surface area (Å²) in [5.74, 6) is -0.532. The molecule has 1 aliphatic heterocycles. The molecule has 1 fully saturated rings. The molecule has 0 atom stereocenters. The van der Waals surface area contributed by atoms with Gasteiger partial charge in [0.15, 0.2) is 11.3 Å². The van der Waals surface area contributed by atoms with E-state index < -0.39 is 5.97 Å². The minimum absolute atomic E-state index is 0.0393. The molecule has 7 heteroatoms. The lowest BCUT2D eigenvalue weighted by molar-refractivity contribution is 0.0689. The van der Waals surface area contributed by atoms with E-state index in [1.54, 1.807) is 4.68 Å². The number of hydrogen-bond acceptors (Lipinski definition) is 5. The number of likely N-dealkylation sites (tertiary alicyclic amines) is 1. The molecule has 3 aromatic rings. The van der Waals surface area contributed by atoms with Gasteiger partial charge in [-0.1, -0.05) is 18.2 Å². The molecule has 3 heterocycles. The van der Waals surface area contributed by atoms with Gasteiger partial charge < -0.3 is 14.7 Å². The second-order valence-corrected chi connectivity index (χ2v) is 6.96. The van der Waals surface area contributed by atoms with E-state index in [0.717, 1.165) is 42.7 Å². The van der Waals surface area contributed by atoms with E-state index >= 15 is 0 Å². The highest BCUT2D eigenvalue weighted by atomic mass is 16.5. The number of nitrogens with zero attached hydrogens (tertiary/aromatic N) is 4. The summed E-state index contributed by atoms with van der Waals surface area (Å²) in [6, 6.07) is 11.1. The number of fused-ring (bicyclic) bond motifs is 1. The van der Waals surface area contributed by atoms with Crippen molar-refractivity contribution in [1.29, 1.82) is 0 Å². The molecule has 0 amide bonds. The van der Waals surface area contributed by atoms with Gasteiger partial charge in [0.2, 0.25) is 0 Å². The third-order valence-corrected chi connectivity index (χ3v) is 4.96. The number of aromatic nitrogens is 3. The van der Waals surface area contributed by atoms with Crippen molar-refractivity contribution < 1.29 is 14.6 Å². The van der Waals surface area contributed by atoms with Crippen molar-refractivity contribution in [2.75, 3.05) is 20.1 Å². The highest BCUT2D eigenvalue weighted by Crippen LogP contribution is 2.32. The Kier molecular flexibility index (Phi) is 4.53. The Morgan fingerprint density at radius 2 is 1.93 bits per heavy atom. The van der Waals surface area contributed by atoms with E-state index in [1.165, 1.54) is 6.07 Å². The van der Waals surface area contributed by atoms with Crippen LogP contribution in [0, 0.1) is 6.92 Å². The summed E-state index contributed by atoms with van der Waals surface area (Å²) >= 11 is 0. The second kappa shape index (κ2) is 7.00. The number of para-hydroxylation sites is 1. The highest BCUT2D eigenvalue weighted by molar-refractivity contribution is 5.93. The van der Waals surface area contributed by atoms with Crippen LogP contribution in [0.3, 0.4) is 0 Å². The molecule has 1 N–H and O–H groups in total. The summed E-state index contributed by atoms with van der Waals surface area (Å²) in [5, 5.41) is 14.9. The van der Waals surface area contributed by atoms with Crippen molar-refractivity contribution in [3.05, 3.63) is 47.8 Å². The quantitative estimate of drug-likeness (QED) is 0.765. The zero-order chi connectivity index (χ0) is 19.0. The highest BCUT2D eigenvalue weighted by Gasteiger charge is 2.23. The van der Waals surface area contributed by atoms with Crippen molar-refractivity contribution >= 4 is 17.0 Å². The number of piperidine rings is 1. The number of aryl methyl sites for hydroxylation is 1. The number of carboxylic acids is 1. The van der Waals surface area contributed by atoms with Crippen LogP contribution in [0.25, 0.3) is 16.7 Å². The van der Waals surface area contributed by atoms with Crippen LogP contribution in [0.2, 0.25) is 0 Å². The van der Waals surface area contributed by atoms with Gasteiger partial charge in [0.05, 0.1) is 16.8 Å². The molecule has 140 valence electrons. The molecule has 0 saturated carbocycles. The number of ether oxygens (including phenoxy) is 1. The topological polar surface area (TPSA) is 80.5 Å². The summed E-state index contributed by atoms with van der Waals surface area (Å²) in [6.07, 6.45) is 1.89. The van der Waals surface area contributed by atoms with Crippen molar-refractivity contribution in [2.45, 2.75) is 25.9 Å². The maximum absolute atomic E-state index is 11.6. The largest absolute Gasteiger partial charge is 0.489 e. The molecule has 27 heavy (non-hydrogen) atoms.